The van der Waals surface area contributed by atoms with E-state index in [9.17, 15) is 4.79 Å². The minimum atomic E-state index is -0.218. The Bertz CT molecular complexity index is 721. The van der Waals surface area contributed by atoms with Gasteiger partial charge in [0.05, 0.1) is 25.0 Å². The second-order valence-electron chi connectivity index (χ2n) is 5.14. The predicted molar refractivity (Wildman–Crippen MR) is 106 cm³/mol. The molecule has 0 saturated carbocycles. The molecule has 0 heterocycles. The molecule has 0 fully saturated rings. The van der Waals surface area contributed by atoms with Gasteiger partial charge in [-0.3, -0.25) is 4.79 Å². The molecule has 2 aromatic carbocycles. The predicted octanol–water partition coefficient (Wildman–Crippen LogP) is 5.38. The van der Waals surface area contributed by atoms with E-state index in [0.717, 1.165) is 16.4 Å². The van der Waals surface area contributed by atoms with Crippen LogP contribution in [0.2, 0.25) is 5.02 Å². The van der Waals surface area contributed by atoms with Gasteiger partial charge in [-0.15, -0.1) is 0 Å². The van der Waals surface area contributed by atoms with E-state index >= 15 is 0 Å². The maximum absolute atomic E-state index is 12.6. The summed E-state index contributed by atoms with van der Waals surface area (Å²) in [5.41, 5.74) is 1.14. The molecule has 128 valence electrons. The Hall–Kier alpha value is -1.47. The summed E-state index contributed by atoms with van der Waals surface area (Å²) in [6, 6.07) is 10.5. The second kappa shape index (κ2) is 9.13. The first-order valence-electron chi connectivity index (χ1n) is 7.62. The fraction of sp³-hybridized carbons (Fsp3) is 0.278. The summed E-state index contributed by atoms with van der Waals surface area (Å²) >= 11 is 8.04. The Kier molecular flexibility index (Phi) is 7.17. The summed E-state index contributed by atoms with van der Waals surface area (Å²) in [4.78, 5) is 12.6. The summed E-state index contributed by atoms with van der Waals surface area (Å²) < 4.78 is 11.8. The van der Waals surface area contributed by atoms with Gasteiger partial charge in [0.1, 0.15) is 11.5 Å². The monoisotopic (exact) mass is 459 g/mol. The smallest absolute Gasteiger partial charge is 0.256 e. The summed E-state index contributed by atoms with van der Waals surface area (Å²) in [6.07, 6.45) is 2.00. The maximum Gasteiger partial charge on any atom is 0.256 e. The molecule has 4 nitrogen and oxygen atoms in total. The molecule has 2 aromatic rings. The van der Waals surface area contributed by atoms with Crippen LogP contribution in [0.1, 0.15) is 30.1 Å². The van der Waals surface area contributed by atoms with E-state index in [-0.39, 0.29) is 5.91 Å². The number of rotatable bonds is 7. The molecule has 1 N–H and O–H groups in total. The van der Waals surface area contributed by atoms with Crippen LogP contribution < -0.4 is 14.8 Å². The van der Waals surface area contributed by atoms with Crippen molar-refractivity contribution in [1.82, 2.24) is 0 Å². The van der Waals surface area contributed by atoms with Crippen molar-refractivity contribution in [3.63, 3.8) is 0 Å². The van der Waals surface area contributed by atoms with E-state index in [4.69, 9.17) is 21.1 Å². The number of halogens is 2. The quantitative estimate of drug-likeness (QED) is 0.446. The lowest BCUT2D eigenvalue weighted by Gasteiger charge is -2.14. The van der Waals surface area contributed by atoms with E-state index < -0.39 is 0 Å². The van der Waals surface area contributed by atoms with E-state index in [1.54, 1.807) is 37.4 Å². The Morgan fingerprint density at radius 3 is 2.71 bits per heavy atom. The minimum absolute atomic E-state index is 0.218. The first-order valence-corrected chi connectivity index (χ1v) is 9.08. The van der Waals surface area contributed by atoms with Gasteiger partial charge in [-0.05, 0) is 59.3 Å². The standard InChI is InChI=1S/C18H19ClINO3/c1-3-4-9-24-17-8-6-13(23-2)11-16(17)21-18(22)14-7-5-12(19)10-15(14)20/h5-8,10-11H,3-4,9H2,1-2H3,(H,21,22). The van der Waals surface area contributed by atoms with Gasteiger partial charge in [-0.25, -0.2) is 0 Å². The van der Waals surface area contributed by atoms with Crippen molar-refractivity contribution in [2.24, 2.45) is 0 Å². The van der Waals surface area contributed by atoms with Gasteiger partial charge in [0, 0.05) is 14.7 Å². The van der Waals surface area contributed by atoms with Crippen molar-refractivity contribution >= 4 is 45.8 Å². The first kappa shape index (κ1) is 18.9. The van der Waals surface area contributed by atoms with Crippen LogP contribution in [0.25, 0.3) is 0 Å². The van der Waals surface area contributed by atoms with Crippen LogP contribution in [0.15, 0.2) is 36.4 Å². The number of ether oxygens (including phenoxy) is 2. The molecular formula is C18H19ClINO3. The maximum atomic E-state index is 12.6. The fourth-order valence-corrected chi connectivity index (χ4v) is 3.17. The van der Waals surface area contributed by atoms with Crippen molar-refractivity contribution in [1.29, 1.82) is 0 Å². The van der Waals surface area contributed by atoms with Crippen molar-refractivity contribution < 1.29 is 14.3 Å². The van der Waals surface area contributed by atoms with Gasteiger partial charge < -0.3 is 14.8 Å². The zero-order valence-corrected chi connectivity index (χ0v) is 16.5. The van der Waals surface area contributed by atoms with Gasteiger partial charge in [-0.2, -0.15) is 0 Å². The number of hydrogen-bond donors (Lipinski definition) is 1. The highest BCUT2D eigenvalue weighted by atomic mass is 127. The SMILES string of the molecule is CCCCOc1ccc(OC)cc1NC(=O)c1ccc(Cl)cc1I. The second-order valence-corrected chi connectivity index (χ2v) is 6.74. The molecule has 0 aliphatic heterocycles. The molecule has 24 heavy (non-hydrogen) atoms. The van der Waals surface area contributed by atoms with E-state index in [0.29, 0.717) is 34.4 Å². The number of carbonyl (C=O) groups is 1. The highest BCUT2D eigenvalue weighted by molar-refractivity contribution is 14.1. The topological polar surface area (TPSA) is 47.6 Å². The molecule has 0 bridgehead atoms. The number of carbonyl (C=O) groups excluding carboxylic acids is 1. The molecule has 0 radical (unpaired) electrons. The molecule has 0 atom stereocenters. The summed E-state index contributed by atoms with van der Waals surface area (Å²) in [7, 11) is 1.58. The average Bonchev–Trinajstić information content (AvgIpc) is 2.56. The molecule has 0 saturated heterocycles. The van der Waals surface area contributed by atoms with Crippen LogP contribution in [0, 0.1) is 3.57 Å². The summed E-state index contributed by atoms with van der Waals surface area (Å²) in [6.45, 7) is 2.70. The van der Waals surface area contributed by atoms with Gasteiger partial charge in [-0.1, -0.05) is 24.9 Å². The number of nitrogens with one attached hydrogen (secondary N) is 1. The van der Waals surface area contributed by atoms with Crippen LogP contribution in [0.4, 0.5) is 5.69 Å². The molecular weight excluding hydrogens is 441 g/mol. The Labute approximate surface area is 160 Å². The fourth-order valence-electron chi connectivity index (χ4n) is 2.05. The summed E-state index contributed by atoms with van der Waals surface area (Å²) in [5.74, 6) is 1.06. The lowest BCUT2D eigenvalue weighted by Crippen LogP contribution is -2.14. The molecule has 0 unspecified atom stereocenters. The Balaban J connectivity index is 2.23. The van der Waals surface area contributed by atoms with E-state index in [1.807, 2.05) is 6.07 Å². The zero-order chi connectivity index (χ0) is 17.5. The molecule has 2 rings (SSSR count). The largest absolute Gasteiger partial charge is 0.497 e. The van der Waals surface area contributed by atoms with Crippen LogP contribution in [0.3, 0.4) is 0 Å². The lowest BCUT2D eigenvalue weighted by atomic mass is 10.2. The third-order valence-corrected chi connectivity index (χ3v) is 4.49. The first-order chi connectivity index (χ1) is 11.5. The van der Waals surface area contributed by atoms with Crippen LogP contribution >= 0.6 is 34.2 Å². The van der Waals surface area contributed by atoms with Crippen LogP contribution in [-0.4, -0.2) is 19.6 Å². The molecule has 0 aliphatic carbocycles. The highest BCUT2D eigenvalue weighted by Gasteiger charge is 2.14. The molecule has 6 heteroatoms. The van der Waals surface area contributed by atoms with Crippen molar-refractivity contribution in [3.8, 4) is 11.5 Å². The van der Waals surface area contributed by atoms with Crippen molar-refractivity contribution in [2.75, 3.05) is 19.0 Å². The molecule has 0 aliphatic rings. The van der Waals surface area contributed by atoms with Crippen molar-refractivity contribution in [2.45, 2.75) is 19.8 Å². The van der Waals surface area contributed by atoms with Gasteiger partial charge in [0.2, 0.25) is 0 Å². The Morgan fingerprint density at radius 1 is 1.25 bits per heavy atom. The summed E-state index contributed by atoms with van der Waals surface area (Å²) in [5, 5.41) is 3.50. The third kappa shape index (κ3) is 5.01. The molecule has 1 amide bonds. The lowest BCUT2D eigenvalue weighted by molar-refractivity contribution is 0.102. The number of anilines is 1. The zero-order valence-electron chi connectivity index (χ0n) is 13.6. The van der Waals surface area contributed by atoms with Gasteiger partial charge in [0.15, 0.2) is 0 Å². The van der Waals surface area contributed by atoms with Crippen molar-refractivity contribution in [3.05, 3.63) is 50.6 Å². The Morgan fingerprint density at radius 2 is 2.04 bits per heavy atom. The molecule has 0 aromatic heterocycles. The number of amides is 1. The molecule has 0 spiro atoms. The highest BCUT2D eigenvalue weighted by Crippen LogP contribution is 2.30. The average molecular weight is 460 g/mol. The number of methoxy groups -OCH3 is 1. The minimum Gasteiger partial charge on any atom is -0.497 e. The van der Waals surface area contributed by atoms with Gasteiger partial charge in [0.25, 0.3) is 5.91 Å². The van der Waals surface area contributed by atoms with Crippen LogP contribution in [-0.2, 0) is 0 Å². The van der Waals surface area contributed by atoms with Gasteiger partial charge >= 0.3 is 0 Å². The van der Waals surface area contributed by atoms with E-state index in [1.165, 1.54) is 0 Å². The third-order valence-electron chi connectivity index (χ3n) is 3.37. The number of benzene rings is 2. The number of unbranched alkanes of at least 4 members (excludes halogenated alkanes) is 1. The number of hydrogen-bond acceptors (Lipinski definition) is 3. The van der Waals surface area contributed by atoms with Crippen LogP contribution in [0.5, 0.6) is 11.5 Å². The van der Waals surface area contributed by atoms with E-state index in [2.05, 4.69) is 34.8 Å². The normalized spacial score (nSPS) is 10.3.